The summed E-state index contributed by atoms with van der Waals surface area (Å²) in [7, 11) is 0. The molecule has 9 heteroatoms. The van der Waals surface area contributed by atoms with Crippen molar-refractivity contribution in [3.8, 4) is 0 Å². The Morgan fingerprint density at radius 1 is 0.973 bits per heavy atom. The van der Waals surface area contributed by atoms with Crippen LogP contribution in [0.5, 0.6) is 0 Å². The number of hydrogen-bond acceptors (Lipinski definition) is 3. The third-order valence-corrected chi connectivity index (χ3v) is 6.76. The molecule has 6 N–H and O–H groups in total. The Bertz CT molecular complexity index is 1400. The lowest BCUT2D eigenvalue weighted by Crippen LogP contribution is -2.43. The summed E-state index contributed by atoms with van der Waals surface area (Å²) in [6.07, 6.45) is 2.56. The van der Waals surface area contributed by atoms with Gasteiger partial charge in [-0.15, -0.1) is 0 Å². The van der Waals surface area contributed by atoms with Crippen LogP contribution in [0.25, 0.3) is 10.9 Å². The summed E-state index contributed by atoms with van der Waals surface area (Å²) < 4.78 is 0.734. The molecule has 0 spiro atoms. The molecule has 1 atom stereocenters. The molecule has 0 radical (unpaired) electrons. The van der Waals surface area contributed by atoms with Gasteiger partial charge < -0.3 is 26.7 Å². The molecule has 0 aliphatic carbocycles. The van der Waals surface area contributed by atoms with E-state index in [1.165, 1.54) is 0 Å². The fraction of sp³-hybridized carbons (Fsp3) is 0.179. The van der Waals surface area contributed by atoms with Crippen molar-refractivity contribution in [3.05, 3.63) is 101 Å². The van der Waals surface area contributed by atoms with E-state index in [1.807, 2.05) is 85.1 Å². The molecule has 0 saturated carbocycles. The maximum atomic E-state index is 13.8. The van der Waals surface area contributed by atoms with Crippen molar-refractivity contribution in [1.29, 1.82) is 0 Å². The molecule has 1 aromatic heterocycles. The number of nitrogens with one attached hydrogen (secondary N) is 2. The fourth-order valence-electron chi connectivity index (χ4n) is 4.28. The number of aromatic nitrogens is 1. The van der Waals surface area contributed by atoms with Crippen LogP contribution in [0.15, 0.2) is 94.5 Å². The van der Waals surface area contributed by atoms with Crippen molar-refractivity contribution < 1.29 is 9.59 Å². The molecule has 0 fully saturated rings. The number of benzene rings is 3. The molecule has 190 valence electrons. The quantitative estimate of drug-likeness (QED) is 0.170. The van der Waals surface area contributed by atoms with E-state index in [9.17, 15) is 9.59 Å². The minimum Gasteiger partial charge on any atom is -0.370 e. The maximum Gasteiger partial charge on any atom is 0.251 e. The lowest BCUT2D eigenvalue weighted by Gasteiger charge is -2.32. The third-order valence-electron chi connectivity index (χ3n) is 6.04. The molecule has 0 aliphatic heterocycles. The van der Waals surface area contributed by atoms with Crippen LogP contribution in [0, 0.1) is 0 Å². The lowest BCUT2D eigenvalue weighted by molar-refractivity contribution is -0.138. The first-order valence-electron chi connectivity index (χ1n) is 11.9. The number of hydrogen-bond donors (Lipinski definition) is 4. The number of halogens is 1. The van der Waals surface area contributed by atoms with Gasteiger partial charge in [0.15, 0.2) is 5.96 Å². The Morgan fingerprint density at radius 2 is 1.68 bits per heavy atom. The molecule has 4 aromatic rings. The van der Waals surface area contributed by atoms with Crippen molar-refractivity contribution in [2.45, 2.75) is 18.9 Å². The van der Waals surface area contributed by atoms with Gasteiger partial charge in [0.2, 0.25) is 5.91 Å². The summed E-state index contributed by atoms with van der Waals surface area (Å²) in [4.78, 5) is 36.2. The number of carbonyl (C=O) groups excluding carboxylic acids is 2. The number of amides is 2. The monoisotopic (exact) mass is 560 g/mol. The van der Waals surface area contributed by atoms with Crippen molar-refractivity contribution in [1.82, 2.24) is 9.88 Å². The molecule has 0 aliphatic rings. The highest BCUT2D eigenvalue weighted by Crippen LogP contribution is 2.31. The first-order chi connectivity index (χ1) is 17.9. The molecule has 0 bridgehead atoms. The number of rotatable bonds is 10. The third kappa shape index (κ3) is 6.56. The van der Waals surface area contributed by atoms with Gasteiger partial charge in [0.25, 0.3) is 5.91 Å². The first kappa shape index (κ1) is 26.0. The molecule has 4 rings (SSSR count). The molecule has 8 nitrogen and oxygen atoms in total. The number of H-pyrrole nitrogens is 1. The van der Waals surface area contributed by atoms with Crippen LogP contribution in [0.4, 0.5) is 5.69 Å². The summed E-state index contributed by atoms with van der Waals surface area (Å²) in [6.45, 7) is 0.449. The summed E-state index contributed by atoms with van der Waals surface area (Å²) >= 11 is 3.58. The topological polar surface area (TPSA) is 130 Å². The van der Waals surface area contributed by atoms with Crippen LogP contribution < -0.4 is 16.8 Å². The Labute approximate surface area is 223 Å². The van der Waals surface area contributed by atoms with Crippen molar-refractivity contribution >= 4 is 50.3 Å². The van der Waals surface area contributed by atoms with Gasteiger partial charge in [-0.2, -0.15) is 0 Å². The SMILES string of the molecule is NC(N)=NCCC(=O)N(CCc1c[nH]c2ccccc12)C(C(=O)Nc1ccccc1)c1ccccc1Br. The normalized spacial score (nSPS) is 11.6. The highest BCUT2D eigenvalue weighted by molar-refractivity contribution is 9.10. The van der Waals surface area contributed by atoms with Gasteiger partial charge >= 0.3 is 0 Å². The molecule has 2 amide bonds. The average molecular weight is 561 g/mol. The zero-order chi connectivity index (χ0) is 26.2. The molecule has 37 heavy (non-hydrogen) atoms. The largest absolute Gasteiger partial charge is 0.370 e. The highest BCUT2D eigenvalue weighted by atomic mass is 79.9. The molecule has 1 heterocycles. The van der Waals surface area contributed by atoms with Gasteiger partial charge in [-0.3, -0.25) is 14.6 Å². The highest BCUT2D eigenvalue weighted by Gasteiger charge is 2.32. The molecular formula is C28H29BrN6O2. The number of carbonyl (C=O) groups is 2. The van der Waals surface area contributed by atoms with Crippen LogP contribution in [0.1, 0.15) is 23.6 Å². The van der Waals surface area contributed by atoms with Crippen molar-refractivity contribution in [3.63, 3.8) is 0 Å². The fourth-order valence-corrected chi connectivity index (χ4v) is 4.78. The summed E-state index contributed by atoms with van der Waals surface area (Å²) in [5.41, 5.74) is 14.3. The maximum absolute atomic E-state index is 13.8. The second-order valence-corrected chi connectivity index (χ2v) is 9.39. The second-order valence-electron chi connectivity index (χ2n) is 8.53. The van der Waals surface area contributed by atoms with Gasteiger partial charge in [-0.1, -0.05) is 70.5 Å². The first-order valence-corrected chi connectivity index (χ1v) is 12.7. The Balaban J connectivity index is 1.69. The number of para-hydroxylation sites is 2. The van der Waals surface area contributed by atoms with Crippen LogP contribution in [0.3, 0.4) is 0 Å². The van der Waals surface area contributed by atoms with Gasteiger partial charge in [-0.05, 0) is 41.8 Å². The second kappa shape index (κ2) is 12.2. The van der Waals surface area contributed by atoms with Gasteiger partial charge in [-0.25, -0.2) is 0 Å². The van der Waals surface area contributed by atoms with E-state index < -0.39 is 6.04 Å². The Morgan fingerprint density at radius 3 is 2.43 bits per heavy atom. The van der Waals surface area contributed by atoms with E-state index in [-0.39, 0.29) is 30.7 Å². The predicted octanol–water partition coefficient (Wildman–Crippen LogP) is 4.35. The zero-order valence-corrected chi connectivity index (χ0v) is 21.8. The van der Waals surface area contributed by atoms with Crippen molar-refractivity contribution in [2.75, 3.05) is 18.4 Å². The smallest absolute Gasteiger partial charge is 0.251 e. The van der Waals surface area contributed by atoms with E-state index in [2.05, 4.69) is 31.2 Å². The Hall–Kier alpha value is -4.11. The number of nitrogens with zero attached hydrogens (tertiary/aromatic N) is 2. The van der Waals surface area contributed by atoms with Crippen LogP contribution in [-0.4, -0.2) is 40.7 Å². The average Bonchev–Trinajstić information content (AvgIpc) is 3.30. The van der Waals surface area contributed by atoms with Gasteiger partial charge in [0, 0.05) is 40.2 Å². The van der Waals surface area contributed by atoms with Crippen LogP contribution in [0.2, 0.25) is 0 Å². The lowest BCUT2D eigenvalue weighted by atomic mass is 10.0. The van der Waals surface area contributed by atoms with E-state index >= 15 is 0 Å². The predicted molar refractivity (Wildman–Crippen MR) is 151 cm³/mol. The van der Waals surface area contributed by atoms with E-state index in [0.717, 1.165) is 20.9 Å². The minimum absolute atomic E-state index is 0.0609. The summed E-state index contributed by atoms with van der Waals surface area (Å²) in [5.74, 6) is -0.622. The number of aliphatic imine (C=N–C) groups is 1. The minimum atomic E-state index is -0.882. The van der Waals surface area contributed by atoms with Gasteiger partial charge in [0.1, 0.15) is 6.04 Å². The van der Waals surface area contributed by atoms with E-state index in [4.69, 9.17) is 11.5 Å². The number of fused-ring (bicyclic) bond motifs is 1. The van der Waals surface area contributed by atoms with Crippen LogP contribution >= 0.6 is 15.9 Å². The van der Waals surface area contributed by atoms with Crippen molar-refractivity contribution in [2.24, 2.45) is 16.5 Å². The summed E-state index contributed by atoms with van der Waals surface area (Å²) in [6, 6.07) is 23.7. The number of nitrogens with two attached hydrogens (primary N) is 2. The summed E-state index contributed by atoms with van der Waals surface area (Å²) in [5, 5.41) is 4.06. The standard InChI is InChI=1S/C28H29BrN6O2/c29-23-12-6-4-11-22(23)26(27(37)34-20-8-2-1-3-9-20)35(25(36)14-16-32-28(30)31)17-15-19-18-33-24-13-7-5-10-21(19)24/h1-13,18,26,33H,14-17H2,(H,34,37)(H4,30,31,32). The molecule has 3 aromatic carbocycles. The molecule has 0 saturated heterocycles. The van der Waals surface area contributed by atoms with E-state index in [0.29, 0.717) is 24.2 Å². The zero-order valence-electron chi connectivity index (χ0n) is 20.2. The molecular weight excluding hydrogens is 532 g/mol. The number of guanidine groups is 1. The Kier molecular flexibility index (Phi) is 8.58. The van der Waals surface area contributed by atoms with E-state index in [1.54, 1.807) is 4.90 Å². The number of anilines is 1. The molecule has 1 unspecified atom stereocenters. The van der Waals surface area contributed by atoms with Crippen LogP contribution in [-0.2, 0) is 16.0 Å². The number of aromatic amines is 1. The van der Waals surface area contributed by atoms with Gasteiger partial charge in [0.05, 0.1) is 6.54 Å².